The maximum Gasteiger partial charge on any atom is 0.274 e. The van der Waals surface area contributed by atoms with Crippen molar-refractivity contribution in [1.82, 2.24) is 25.3 Å². The van der Waals surface area contributed by atoms with E-state index in [0.29, 0.717) is 27.8 Å². The molecule has 0 spiro atoms. The van der Waals surface area contributed by atoms with E-state index in [0.717, 1.165) is 11.3 Å². The summed E-state index contributed by atoms with van der Waals surface area (Å²) in [6.45, 7) is 5.56. The van der Waals surface area contributed by atoms with Gasteiger partial charge in [-0.3, -0.25) is 9.78 Å². The minimum Gasteiger partial charge on any atom is -0.382 e. The van der Waals surface area contributed by atoms with E-state index in [1.165, 1.54) is 0 Å². The van der Waals surface area contributed by atoms with Gasteiger partial charge in [-0.05, 0) is 45.0 Å². The lowest BCUT2D eigenvalue weighted by atomic mass is 9.99. The monoisotopic (exact) mass is 458 g/mol. The summed E-state index contributed by atoms with van der Waals surface area (Å²) in [5, 5.41) is 3.29. The molecule has 3 N–H and O–H groups in total. The Morgan fingerprint density at radius 2 is 1.64 bits per heavy atom. The van der Waals surface area contributed by atoms with E-state index in [9.17, 15) is 4.79 Å². The molecular weight excluding hydrogens is 436 g/mol. The van der Waals surface area contributed by atoms with Crippen LogP contribution < -0.4 is 11.1 Å². The summed E-state index contributed by atoms with van der Waals surface area (Å²) >= 11 is 6.22. The van der Waals surface area contributed by atoms with E-state index in [4.69, 9.17) is 17.3 Å². The molecule has 4 aromatic rings. The standard InChI is InChI=1S/C25H23ClN6O/c1-15-13-17(14-19(26)29-15)21-20(16-9-5-4-6-10-16)31-23(27)22(30-21)24(33)32-25(2,3)18-11-7-8-12-28-18/h4-14H,1-3H3,(H2,27,31)(H,32,33). The van der Waals surface area contributed by atoms with Gasteiger partial charge in [0.05, 0.1) is 22.6 Å². The molecule has 3 heterocycles. The Labute approximate surface area is 197 Å². The normalized spacial score (nSPS) is 11.3. The van der Waals surface area contributed by atoms with Crippen LogP contribution in [-0.4, -0.2) is 25.8 Å². The highest BCUT2D eigenvalue weighted by Gasteiger charge is 2.28. The quantitative estimate of drug-likeness (QED) is 0.415. The number of anilines is 1. The molecule has 0 fully saturated rings. The molecule has 0 atom stereocenters. The van der Waals surface area contributed by atoms with Gasteiger partial charge in [0.1, 0.15) is 5.15 Å². The number of aromatic nitrogens is 4. The van der Waals surface area contributed by atoms with E-state index >= 15 is 0 Å². The van der Waals surface area contributed by atoms with Crippen molar-refractivity contribution in [2.24, 2.45) is 0 Å². The fourth-order valence-corrected chi connectivity index (χ4v) is 3.77. The Hall–Kier alpha value is -3.84. The smallest absolute Gasteiger partial charge is 0.274 e. The van der Waals surface area contributed by atoms with Gasteiger partial charge in [-0.25, -0.2) is 15.0 Å². The Morgan fingerprint density at radius 1 is 0.939 bits per heavy atom. The summed E-state index contributed by atoms with van der Waals surface area (Å²) in [4.78, 5) is 31.1. The Balaban J connectivity index is 1.82. The largest absolute Gasteiger partial charge is 0.382 e. The van der Waals surface area contributed by atoms with Gasteiger partial charge in [-0.15, -0.1) is 0 Å². The molecule has 1 aromatic carbocycles. The lowest BCUT2D eigenvalue weighted by molar-refractivity contribution is 0.0906. The number of rotatable bonds is 5. The van der Waals surface area contributed by atoms with Crippen LogP contribution in [0.15, 0.2) is 66.9 Å². The highest BCUT2D eigenvalue weighted by molar-refractivity contribution is 6.29. The van der Waals surface area contributed by atoms with E-state index < -0.39 is 11.4 Å². The number of pyridine rings is 2. The van der Waals surface area contributed by atoms with Gasteiger partial charge in [0.15, 0.2) is 11.5 Å². The van der Waals surface area contributed by atoms with E-state index in [2.05, 4.69) is 25.3 Å². The molecule has 8 heteroatoms. The van der Waals surface area contributed by atoms with Crippen LogP contribution in [0, 0.1) is 6.92 Å². The number of aryl methyl sites for hydroxylation is 1. The third-order valence-corrected chi connectivity index (χ3v) is 5.31. The van der Waals surface area contributed by atoms with Crippen LogP contribution in [0.25, 0.3) is 22.5 Å². The third-order valence-electron chi connectivity index (χ3n) is 5.11. The zero-order chi connectivity index (χ0) is 23.6. The number of nitrogens with one attached hydrogen (secondary N) is 1. The number of carbonyl (C=O) groups is 1. The predicted molar refractivity (Wildman–Crippen MR) is 130 cm³/mol. The summed E-state index contributed by atoms with van der Waals surface area (Å²) < 4.78 is 0. The number of amides is 1. The SMILES string of the molecule is Cc1cc(-c2nc(C(=O)NC(C)(C)c3ccccn3)c(N)nc2-c2ccccc2)cc(Cl)n1. The summed E-state index contributed by atoms with van der Waals surface area (Å²) in [7, 11) is 0. The van der Waals surface area contributed by atoms with Gasteiger partial charge in [-0.2, -0.15) is 0 Å². The minimum absolute atomic E-state index is 0.0271. The second-order valence-electron chi connectivity index (χ2n) is 8.13. The second kappa shape index (κ2) is 8.96. The van der Waals surface area contributed by atoms with Crippen molar-refractivity contribution in [2.75, 3.05) is 5.73 Å². The van der Waals surface area contributed by atoms with Crippen LogP contribution in [0.3, 0.4) is 0 Å². The maximum absolute atomic E-state index is 13.3. The molecule has 0 aliphatic carbocycles. The zero-order valence-corrected chi connectivity index (χ0v) is 19.3. The van der Waals surface area contributed by atoms with Crippen LogP contribution >= 0.6 is 11.6 Å². The Morgan fingerprint density at radius 3 is 2.30 bits per heavy atom. The first-order valence-corrected chi connectivity index (χ1v) is 10.7. The molecule has 0 aliphatic heterocycles. The van der Waals surface area contributed by atoms with Gasteiger partial charge in [0.25, 0.3) is 5.91 Å². The molecular formula is C25H23ClN6O. The number of carbonyl (C=O) groups excluding carboxylic acids is 1. The van der Waals surface area contributed by atoms with Gasteiger partial charge in [0.2, 0.25) is 0 Å². The molecule has 0 saturated carbocycles. The molecule has 166 valence electrons. The van der Waals surface area contributed by atoms with Gasteiger partial charge < -0.3 is 11.1 Å². The van der Waals surface area contributed by atoms with Crippen molar-refractivity contribution >= 4 is 23.3 Å². The van der Waals surface area contributed by atoms with Crippen molar-refractivity contribution in [3.05, 3.63) is 89.1 Å². The highest BCUT2D eigenvalue weighted by atomic mass is 35.5. The number of hydrogen-bond donors (Lipinski definition) is 2. The first-order valence-electron chi connectivity index (χ1n) is 10.4. The lowest BCUT2D eigenvalue weighted by Crippen LogP contribution is -2.42. The van der Waals surface area contributed by atoms with Crippen molar-refractivity contribution in [2.45, 2.75) is 26.3 Å². The molecule has 0 radical (unpaired) electrons. The number of nitrogens with zero attached hydrogens (tertiary/aromatic N) is 4. The van der Waals surface area contributed by atoms with Crippen LogP contribution in [0.5, 0.6) is 0 Å². The van der Waals surface area contributed by atoms with Crippen LogP contribution in [0.2, 0.25) is 5.15 Å². The summed E-state index contributed by atoms with van der Waals surface area (Å²) in [6, 6.07) is 18.6. The molecule has 0 unspecified atom stereocenters. The van der Waals surface area contributed by atoms with Gasteiger partial charge >= 0.3 is 0 Å². The number of benzene rings is 1. The van der Waals surface area contributed by atoms with Crippen LogP contribution in [0.1, 0.15) is 35.7 Å². The lowest BCUT2D eigenvalue weighted by Gasteiger charge is -2.25. The number of halogens is 1. The topological polar surface area (TPSA) is 107 Å². The predicted octanol–water partition coefficient (Wildman–Crippen LogP) is 4.81. The Bertz CT molecular complexity index is 1290. The average Bonchev–Trinajstić information content (AvgIpc) is 2.79. The maximum atomic E-state index is 13.3. The number of nitrogens with two attached hydrogens (primary N) is 1. The molecule has 3 aromatic heterocycles. The zero-order valence-electron chi connectivity index (χ0n) is 18.5. The highest BCUT2D eigenvalue weighted by Crippen LogP contribution is 2.32. The minimum atomic E-state index is -0.749. The molecule has 0 bridgehead atoms. The molecule has 4 rings (SSSR count). The third kappa shape index (κ3) is 4.83. The molecule has 0 saturated heterocycles. The first kappa shape index (κ1) is 22.4. The summed E-state index contributed by atoms with van der Waals surface area (Å²) in [5.74, 6) is -0.419. The van der Waals surface area contributed by atoms with Gasteiger partial charge in [-0.1, -0.05) is 48.0 Å². The van der Waals surface area contributed by atoms with Crippen LogP contribution in [-0.2, 0) is 5.54 Å². The molecule has 33 heavy (non-hydrogen) atoms. The van der Waals surface area contributed by atoms with Crippen molar-refractivity contribution < 1.29 is 4.79 Å². The van der Waals surface area contributed by atoms with Crippen LogP contribution in [0.4, 0.5) is 5.82 Å². The molecule has 0 aliphatic rings. The van der Waals surface area contributed by atoms with Gasteiger partial charge in [0, 0.05) is 23.0 Å². The number of nitrogen functional groups attached to an aromatic ring is 1. The second-order valence-corrected chi connectivity index (χ2v) is 8.52. The van der Waals surface area contributed by atoms with E-state index in [1.54, 1.807) is 12.3 Å². The summed E-state index contributed by atoms with van der Waals surface area (Å²) in [5.41, 5.74) is 9.49. The van der Waals surface area contributed by atoms with Crippen molar-refractivity contribution in [1.29, 1.82) is 0 Å². The fraction of sp³-hybridized carbons (Fsp3) is 0.160. The fourth-order valence-electron chi connectivity index (χ4n) is 3.52. The van der Waals surface area contributed by atoms with Crippen molar-refractivity contribution in [3.8, 4) is 22.5 Å². The van der Waals surface area contributed by atoms with E-state index in [-0.39, 0.29) is 11.5 Å². The van der Waals surface area contributed by atoms with E-state index in [1.807, 2.05) is 75.4 Å². The first-order chi connectivity index (χ1) is 15.7. The average molecular weight is 459 g/mol. The Kier molecular flexibility index (Phi) is 6.07. The summed E-state index contributed by atoms with van der Waals surface area (Å²) in [6.07, 6.45) is 1.68. The van der Waals surface area contributed by atoms with Crippen molar-refractivity contribution in [3.63, 3.8) is 0 Å². The number of hydrogen-bond acceptors (Lipinski definition) is 6. The molecule has 7 nitrogen and oxygen atoms in total. The molecule has 1 amide bonds.